The van der Waals surface area contributed by atoms with Gasteiger partial charge in [0.15, 0.2) is 5.82 Å². The Morgan fingerprint density at radius 1 is 0.853 bits per heavy atom. The first-order valence-corrected chi connectivity index (χ1v) is 24.8. The quantitative estimate of drug-likeness (QED) is 0.131. The van der Waals surface area contributed by atoms with E-state index in [4.69, 9.17) is 10.7 Å². The second-order valence-electron chi connectivity index (χ2n) is 20.4. The van der Waals surface area contributed by atoms with E-state index in [0.29, 0.717) is 78.8 Å². The molecule has 5 saturated heterocycles. The average Bonchev–Trinajstić information content (AvgIpc) is 3.85. The molecule has 1 saturated carbocycles. The lowest BCUT2D eigenvalue weighted by Gasteiger charge is -2.48. The van der Waals surface area contributed by atoms with Crippen molar-refractivity contribution < 1.29 is 19.1 Å². The Bertz CT molecular complexity index is 2770. The molecule has 11 rings (SSSR count). The van der Waals surface area contributed by atoms with Gasteiger partial charge in [0.25, 0.3) is 0 Å². The number of aromatic nitrogens is 4. The SMILES string of the molecule is CCc1cn(C2CCC3(CC2)CCN(CC2(F)CCN(c4cc(N5C6CCC5CN(c5cc(-c7ccccc7O)nnc5N)C6)ccc4C#N)CC2)CC3)c2ncc(N3CCC(=O)NC3=O)cc12. The van der Waals surface area contributed by atoms with Crippen LogP contribution in [0.15, 0.2) is 67.0 Å². The van der Waals surface area contributed by atoms with E-state index in [1.54, 1.807) is 23.2 Å². The zero-order chi connectivity index (χ0) is 46.7. The van der Waals surface area contributed by atoms with Crippen LogP contribution in [0, 0.1) is 16.7 Å². The summed E-state index contributed by atoms with van der Waals surface area (Å²) in [7, 11) is 0. The molecule has 1 aliphatic carbocycles. The number of nitrogens with two attached hydrogens (primary N) is 1. The Hall–Kier alpha value is -6.47. The summed E-state index contributed by atoms with van der Waals surface area (Å²) in [5.41, 5.74) is 13.0. The van der Waals surface area contributed by atoms with Gasteiger partial charge in [0.2, 0.25) is 5.91 Å². The average molecular weight is 921 g/mol. The number of nitriles is 1. The summed E-state index contributed by atoms with van der Waals surface area (Å²) >= 11 is 0. The monoisotopic (exact) mass is 920 g/mol. The fraction of sp³-hybridized carbons (Fsp3) is 0.500. The zero-order valence-electron chi connectivity index (χ0n) is 38.9. The molecule has 2 unspecified atom stereocenters. The second-order valence-corrected chi connectivity index (χ2v) is 20.4. The number of alkyl halides is 1. The number of likely N-dealkylation sites (tertiary alicyclic amines) is 1. The first kappa shape index (κ1) is 44.1. The van der Waals surface area contributed by atoms with Crippen LogP contribution in [-0.4, -0.2) is 112 Å². The molecule has 1 spiro atoms. The van der Waals surface area contributed by atoms with Crippen molar-refractivity contribution in [1.29, 1.82) is 5.26 Å². The van der Waals surface area contributed by atoms with E-state index in [1.165, 1.54) is 5.56 Å². The minimum atomic E-state index is -1.27. The highest BCUT2D eigenvalue weighted by molar-refractivity contribution is 6.06. The van der Waals surface area contributed by atoms with Crippen molar-refractivity contribution in [2.45, 2.75) is 108 Å². The molecule has 2 bridgehead atoms. The third-order valence-corrected chi connectivity index (χ3v) is 16.5. The molecule has 15 nitrogen and oxygen atoms in total. The summed E-state index contributed by atoms with van der Waals surface area (Å²) in [6, 6.07) is 20.1. The van der Waals surface area contributed by atoms with Crippen LogP contribution in [0.5, 0.6) is 5.75 Å². The van der Waals surface area contributed by atoms with Crippen LogP contribution in [0.3, 0.4) is 0 Å². The highest BCUT2D eigenvalue weighted by Gasteiger charge is 2.44. The Kier molecular flexibility index (Phi) is 11.4. The lowest BCUT2D eigenvalue weighted by atomic mass is 9.67. The van der Waals surface area contributed by atoms with Crippen LogP contribution < -0.4 is 30.7 Å². The molecule has 3 aromatic heterocycles. The predicted octanol–water partition coefficient (Wildman–Crippen LogP) is 7.73. The molecule has 6 aliphatic rings. The van der Waals surface area contributed by atoms with Crippen molar-refractivity contribution >= 4 is 51.5 Å². The number of nitrogens with one attached hydrogen (secondary N) is 1. The van der Waals surface area contributed by atoms with Crippen molar-refractivity contribution in [3.63, 3.8) is 0 Å². The van der Waals surface area contributed by atoms with Gasteiger partial charge in [0.05, 0.1) is 34.5 Å². The molecule has 2 atom stereocenters. The molecule has 5 aromatic rings. The van der Waals surface area contributed by atoms with Gasteiger partial charge in [0, 0.05) is 99.5 Å². The van der Waals surface area contributed by atoms with E-state index in [1.807, 2.05) is 24.3 Å². The largest absolute Gasteiger partial charge is 0.507 e. The zero-order valence-corrected chi connectivity index (χ0v) is 38.9. The third-order valence-electron chi connectivity index (χ3n) is 16.5. The Balaban J connectivity index is 0.692. The molecule has 68 heavy (non-hydrogen) atoms. The number of carbonyl (C=O) groups excluding carboxylic acids is 2. The van der Waals surface area contributed by atoms with Gasteiger partial charge < -0.3 is 35.0 Å². The summed E-state index contributed by atoms with van der Waals surface area (Å²) < 4.78 is 19.2. The number of halogens is 1. The number of imide groups is 1. The Morgan fingerprint density at radius 2 is 1.60 bits per heavy atom. The minimum Gasteiger partial charge on any atom is -0.507 e. The van der Waals surface area contributed by atoms with Crippen LogP contribution in [0.2, 0.25) is 0 Å². The summed E-state index contributed by atoms with van der Waals surface area (Å²) in [5, 5.41) is 32.8. The van der Waals surface area contributed by atoms with E-state index in [2.05, 4.69) is 77.1 Å². The molecule has 8 heterocycles. The smallest absolute Gasteiger partial charge is 0.328 e. The van der Waals surface area contributed by atoms with E-state index in [0.717, 1.165) is 112 Å². The van der Waals surface area contributed by atoms with Crippen molar-refractivity contribution in [3.8, 4) is 23.1 Å². The number of amides is 3. The van der Waals surface area contributed by atoms with E-state index < -0.39 is 11.7 Å². The number of hydrogen-bond acceptors (Lipinski definition) is 12. The summed E-state index contributed by atoms with van der Waals surface area (Å²) in [6.45, 7) is 7.46. The summed E-state index contributed by atoms with van der Waals surface area (Å²) in [5.74, 6) is 0.268. The number of anilines is 5. The Labute approximate surface area is 396 Å². The van der Waals surface area contributed by atoms with Gasteiger partial charge in [-0.15, -0.1) is 10.2 Å². The van der Waals surface area contributed by atoms with Crippen LogP contribution >= 0.6 is 0 Å². The maximum atomic E-state index is 16.8. The lowest BCUT2D eigenvalue weighted by molar-refractivity contribution is -0.120. The third kappa shape index (κ3) is 8.11. The number of phenolic OH excluding ortho intramolecular Hbond substituents is 1. The number of aryl methyl sites for hydroxylation is 1. The molecule has 6 fully saturated rings. The topological polar surface area (TPSA) is 176 Å². The summed E-state index contributed by atoms with van der Waals surface area (Å²) in [6.07, 6.45) is 14.8. The number of piperidine rings is 2. The molecule has 0 radical (unpaired) electrons. The number of hydrogen-bond donors (Lipinski definition) is 3. The van der Waals surface area contributed by atoms with E-state index in [9.17, 15) is 20.0 Å². The first-order chi connectivity index (χ1) is 33.0. The van der Waals surface area contributed by atoms with Gasteiger partial charge in [0.1, 0.15) is 23.1 Å². The molecule has 5 aliphatic heterocycles. The van der Waals surface area contributed by atoms with E-state index >= 15 is 4.39 Å². The number of carbonyl (C=O) groups is 2. The highest BCUT2D eigenvalue weighted by Crippen LogP contribution is 2.49. The molecule has 2 aromatic carbocycles. The molecule has 16 heteroatoms. The predicted molar refractivity (Wildman–Crippen MR) is 262 cm³/mol. The molecule has 354 valence electrons. The number of rotatable bonds is 9. The fourth-order valence-electron chi connectivity index (χ4n) is 12.6. The van der Waals surface area contributed by atoms with Crippen LogP contribution in [0.4, 0.5) is 37.8 Å². The standard InChI is InChI=1S/C52H61FN12O3/c1-2-34-30-64(49-42(34)25-40(29-56-49)63-20-13-47(67)57-50(63)68)36-11-14-51(15-12-36)16-21-60(22-17-51)33-52(53)18-23-61(24-19-52)44-26-37(8-7-35(44)28-54)65-38-9-10-39(65)32-62(31-38)45-27-43(58-59-48(45)55)41-5-3-4-6-46(41)66/h3-8,25-27,29-30,36,38-39,66H,2,9-24,31-33H2,1H3,(H2,55,59)(H,57,67,68). The van der Waals surface area contributed by atoms with Gasteiger partial charge in [-0.05, 0) is 124 Å². The van der Waals surface area contributed by atoms with Gasteiger partial charge in [-0.1, -0.05) is 19.1 Å². The van der Waals surface area contributed by atoms with E-state index in [-0.39, 0.29) is 30.2 Å². The van der Waals surface area contributed by atoms with Gasteiger partial charge in [-0.2, -0.15) is 5.26 Å². The maximum absolute atomic E-state index is 16.8. The fourth-order valence-corrected chi connectivity index (χ4v) is 12.6. The molecule has 4 N–H and O–H groups in total. The number of benzene rings is 2. The molecular weight excluding hydrogens is 860 g/mol. The van der Waals surface area contributed by atoms with Crippen molar-refractivity contribution in [3.05, 3.63) is 78.1 Å². The number of para-hydroxylation sites is 1. The Morgan fingerprint density at radius 3 is 2.31 bits per heavy atom. The number of nitrogen functional groups attached to an aromatic ring is 1. The number of nitrogens with zero attached hydrogens (tertiary/aromatic N) is 10. The van der Waals surface area contributed by atoms with Gasteiger partial charge in [-0.3, -0.25) is 15.0 Å². The van der Waals surface area contributed by atoms with Crippen molar-refractivity contribution in [2.24, 2.45) is 5.41 Å². The number of pyridine rings is 1. The van der Waals surface area contributed by atoms with Crippen LogP contribution in [0.25, 0.3) is 22.3 Å². The van der Waals surface area contributed by atoms with Gasteiger partial charge >= 0.3 is 6.03 Å². The maximum Gasteiger partial charge on any atom is 0.328 e. The lowest BCUT2D eigenvalue weighted by Crippen LogP contribution is -2.54. The van der Waals surface area contributed by atoms with Crippen molar-refractivity contribution in [2.75, 3.05) is 77.7 Å². The first-order valence-electron chi connectivity index (χ1n) is 24.8. The minimum absolute atomic E-state index is 0.147. The second kappa shape index (κ2) is 17.6. The number of urea groups is 1. The molecular formula is C52H61FN12O3. The number of piperazine rings is 1. The summed E-state index contributed by atoms with van der Waals surface area (Å²) in [4.78, 5) is 40.2. The van der Waals surface area contributed by atoms with Gasteiger partial charge in [-0.25, -0.2) is 14.2 Å². The van der Waals surface area contributed by atoms with Crippen LogP contribution in [0.1, 0.15) is 94.7 Å². The number of phenols is 1. The van der Waals surface area contributed by atoms with Crippen LogP contribution in [-0.2, 0) is 11.2 Å². The van der Waals surface area contributed by atoms with Crippen molar-refractivity contribution in [1.82, 2.24) is 30.0 Å². The highest BCUT2D eigenvalue weighted by atomic mass is 19.1. The number of fused-ring (bicyclic) bond motifs is 3. The number of aromatic hydroxyl groups is 1. The molecule has 3 amide bonds. The normalized spacial score (nSPS) is 23.1.